The first-order valence-electron chi connectivity index (χ1n) is 15.3. The summed E-state index contributed by atoms with van der Waals surface area (Å²) in [5.41, 5.74) is 5.55. The Bertz CT molecular complexity index is 1950. The van der Waals surface area contributed by atoms with Crippen molar-refractivity contribution in [2.45, 2.75) is 55.4 Å². The molecular weight excluding hydrogens is 748 g/mol. The predicted molar refractivity (Wildman–Crippen MR) is 186 cm³/mol. The molecule has 2 unspecified atom stereocenters. The fourth-order valence-corrected chi connectivity index (χ4v) is 8.60. The van der Waals surface area contributed by atoms with Crippen molar-refractivity contribution < 1.29 is 54.0 Å². The first kappa shape index (κ1) is 38.0. The van der Waals surface area contributed by atoms with Crippen LogP contribution in [0.3, 0.4) is 0 Å². The molecule has 1 aromatic carbocycles. The van der Waals surface area contributed by atoms with Gasteiger partial charge in [0, 0.05) is 35.3 Å². The number of nitrogens with two attached hydrogens (primary N) is 1. The molecule has 1 aromatic heterocycles. The van der Waals surface area contributed by atoms with Crippen LogP contribution in [0.4, 0.5) is 9.93 Å². The zero-order valence-corrected chi connectivity index (χ0v) is 29.8. The summed E-state index contributed by atoms with van der Waals surface area (Å²) in [4.78, 5) is 85.6. The number of aromatic hydroxyl groups is 2. The van der Waals surface area contributed by atoms with Gasteiger partial charge in [0.2, 0.25) is 5.60 Å². The lowest BCUT2D eigenvalue weighted by Crippen LogP contribution is -2.55. The maximum atomic E-state index is 13.6. The molecule has 5 rings (SSSR count). The summed E-state index contributed by atoms with van der Waals surface area (Å²) in [5.74, 6) is -7.51. The third-order valence-electron chi connectivity index (χ3n) is 8.55. The van der Waals surface area contributed by atoms with Crippen molar-refractivity contribution >= 4 is 93.4 Å². The molecule has 5 atom stereocenters. The highest BCUT2D eigenvalue weighted by atomic mass is 35.5. The van der Waals surface area contributed by atoms with Crippen molar-refractivity contribution in [2.24, 2.45) is 27.2 Å². The van der Waals surface area contributed by atoms with Crippen molar-refractivity contribution in [1.82, 2.24) is 20.3 Å². The molecule has 0 radical (unpaired) electrons. The minimum Gasteiger partial charge on any atom is -0.504 e. The first-order chi connectivity index (χ1) is 24.4. The molecule has 2 saturated heterocycles. The molecule has 19 nitrogen and oxygen atoms in total. The minimum absolute atomic E-state index is 0.0163. The third-order valence-corrected chi connectivity index (χ3v) is 11.5. The highest BCUT2D eigenvalue weighted by Crippen LogP contribution is 2.60. The molecule has 0 bridgehead atoms. The second-order valence-electron chi connectivity index (χ2n) is 12.4. The molecule has 1 saturated carbocycles. The van der Waals surface area contributed by atoms with Gasteiger partial charge in [-0.25, -0.2) is 29.8 Å². The highest BCUT2D eigenvalue weighted by Gasteiger charge is 2.68. The summed E-state index contributed by atoms with van der Waals surface area (Å²) in [7, 11) is 0. The summed E-state index contributed by atoms with van der Waals surface area (Å²) >= 11 is 7.78. The number of thioether (sulfide) groups is 1. The fraction of sp³-hybridized carbons (Fsp3) is 0.400. The predicted octanol–water partition coefficient (Wildman–Crippen LogP) is 1.96. The zero-order chi connectivity index (χ0) is 38.3. The fourth-order valence-electron chi connectivity index (χ4n) is 5.82. The molecule has 3 amide bonds. The Morgan fingerprint density at radius 3 is 2.56 bits per heavy atom. The average molecular weight is 779 g/mol. The number of halogens is 1. The summed E-state index contributed by atoms with van der Waals surface area (Å²) in [6, 6.07) is 0.790. The second-order valence-corrected chi connectivity index (χ2v) is 15.1. The third kappa shape index (κ3) is 6.97. The number of Topliss-reactive ketones (excluding diaryl/α,β-unsaturated/α-hetero) is 2. The number of phenolic OH excluding ortho intramolecular Hbond substituents is 2. The van der Waals surface area contributed by atoms with Crippen molar-refractivity contribution in [1.29, 1.82) is 0 Å². The minimum atomic E-state index is -1.87. The number of anilines is 1. The number of carboxylic acid groups (broad SMARTS) is 2. The summed E-state index contributed by atoms with van der Waals surface area (Å²) < 4.78 is 0. The number of ketones is 2. The van der Waals surface area contributed by atoms with Gasteiger partial charge in [0.15, 0.2) is 33.0 Å². The Kier molecular flexibility index (Phi) is 10.5. The van der Waals surface area contributed by atoms with Gasteiger partial charge in [-0.3, -0.25) is 19.3 Å². The van der Waals surface area contributed by atoms with Crippen LogP contribution in [-0.2, 0) is 24.0 Å². The number of carboxylic acids is 2. The Labute approximate surface area is 307 Å². The number of oxime groups is 1. The number of fused-ring (bicyclic) bond motifs is 1. The number of thiazole rings is 1. The SMILES string of the molecule is CC1CN(/N=C/C=N/NC(=O)c2ccc(O)c(O)c2Cl)C(=O)N1[C@]1(C(=O)O)CC2C(=O)[C@@H](CC(=O)/C(=N\OC(C)(C)C(=O)O)c3csc(N)n3)[C@H]2S1. The quantitative estimate of drug-likeness (QED) is 0.0963. The van der Waals surface area contributed by atoms with Gasteiger partial charge in [-0.05, 0) is 32.9 Å². The number of benzene rings is 1. The van der Waals surface area contributed by atoms with Gasteiger partial charge in [-0.2, -0.15) is 10.2 Å². The van der Waals surface area contributed by atoms with E-state index in [9.17, 15) is 49.2 Å². The first-order valence-corrected chi connectivity index (χ1v) is 17.4. The number of hydrogen-bond acceptors (Lipinski definition) is 16. The molecule has 276 valence electrons. The Hall–Kier alpha value is -5.28. The number of rotatable bonds is 13. The van der Waals surface area contributed by atoms with E-state index in [-0.39, 0.29) is 40.8 Å². The highest BCUT2D eigenvalue weighted by molar-refractivity contribution is 8.02. The van der Waals surface area contributed by atoms with E-state index in [4.69, 9.17) is 22.2 Å². The van der Waals surface area contributed by atoms with Crippen molar-refractivity contribution in [3.8, 4) is 11.5 Å². The molecule has 3 heterocycles. The number of phenols is 2. The van der Waals surface area contributed by atoms with E-state index in [2.05, 4.69) is 25.8 Å². The largest absolute Gasteiger partial charge is 0.504 e. The summed E-state index contributed by atoms with van der Waals surface area (Å²) in [6.07, 6.45) is 1.49. The van der Waals surface area contributed by atoms with Crippen molar-refractivity contribution in [3.63, 3.8) is 0 Å². The lowest BCUT2D eigenvalue weighted by Gasteiger charge is -2.37. The molecule has 22 heteroatoms. The lowest BCUT2D eigenvalue weighted by atomic mass is 9.68. The number of amides is 3. The van der Waals surface area contributed by atoms with E-state index in [1.807, 2.05) is 0 Å². The summed E-state index contributed by atoms with van der Waals surface area (Å²) in [5, 5.41) is 52.0. The number of carbonyl (C=O) groups is 6. The molecule has 3 aliphatic rings. The van der Waals surface area contributed by atoms with Crippen LogP contribution in [0.25, 0.3) is 0 Å². The van der Waals surface area contributed by atoms with Crippen LogP contribution in [0.5, 0.6) is 11.5 Å². The number of hydrogen-bond donors (Lipinski definition) is 6. The number of hydrazone groups is 2. The van der Waals surface area contributed by atoms with E-state index in [0.29, 0.717) is 0 Å². The Morgan fingerprint density at radius 1 is 1.21 bits per heavy atom. The monoisotopic (exact) mass is 778 g/mol. The van der Waals surface area contributed by atoms with E-state index < -0.39 is 86.2 Å². The maximum absolute atomic E-state index is 13.6. The van der Waals surface area contributed by atoms with Crippen LogP contribution < -0.4 is 11.2 Å². The summed E-state index contributed by atoms with van der Waals surface area (Å²) in [6.45, 7) is 4.04. The molecule has 2 aromatic rings. The second kappa shape index (κ2) is 14.4. The molecule has 3 fully saturated rings. The van der Waals surface area contributed by atoms with E-state index in [1.54, 1.807) is 6.92 Å². The van der Waals surface area contributed by atoms with Gasteiger partial charge in [0.1, 0.15) is 11.5 Å². The number of nitrogen functional groups attached to an aromatic ring is 1. The Balaban J connectivity index is 1.27. The van der Waals surface area contributed by atoms with Crippen LogP contribution in [0.2, 0.25) is 5.02 Å². The molecular formula is C30H31ClN8O11S2. The molecule has 7 N–H and O–H groups in total. The van der Waals surface area contributed by atoms with Gasteiger partial charge < -0.3 is 31.0 Å². The van der Waals surface area contributed by atoms with Crippen LogP contribution >= 0.6 is 34.7 Å². The van der Waals surface area contributed by atoms with Gasteiger partial charge in [0.25, 0.3) is 5.91 Å². The van der Waals surface area contributed by atoms with Crippen LogP contribution in [0, 0.1) is 11.8 Å². The standard InChI is InChI=1S/C30H31ClN8O11S2/c1-12-10-38(34-7-6-33-36-24(44)13-4-5-17(40)22(43)19(13)31)28(49)39(12)30(26(47)48)9-15-21(42)14(23(15)52-30)8-18(41)20(16-11-51-27(32)35-16)37-50-29(2,3)25(45)46/h4-7,11-12,14-15,23,40,43H,8-10H2,1-3H3,(H2,32,35)(H,36,44)(H,45,46)(H,47,48)/b33-6+,34-7+,37-20-/t12?,14-,15?,23-,30-/m1/s1. The zero-order valence-electron chi connectivity index (χ0n) is 27.4. The van der Waals surface area contributed by atoms with Gasteiger partial charge in [-0.15, -0.1) is 23.1 Å². The number of nitrogens with zero attached hydrogens (tertiary/aromatic N) is 6. The number of nitrogens with one attached hydrogen (secondary N) is 1. The van der Waals surface area contributed by atoms with E-state index >= 15 is 0 Å². The smallest absolute Gasteiger partial charge is 0.350 e. The normalized spacial score (nSPS) is 24.7. The number of carbonyl (C=O) groups excluding carboxylic acids is 4. The molecule has 1 aliphatic carbocycles. The topological polar surface area (TPSA) is 287 Å². The molecule has 52 heavy (non-hydrogen) atoms. The number of aromatic nitrogens is 1. The molecule has 0 spiro atoms. The van der Waals surface area contributed by atoms with Crippen LogP contribution in [0.1, 0.15) is 49.7 Å². The number of aliphatic carboxylic acids is 2. The maximum Gasteiger partial charge on any atom is 0.350 e. The van der Waals surface area contributed by atoms with Crippen molar-refractivity contribution in [3.05, 3.63) is 33.8 Å². The van der Waals surface area contributed by atoms with Gasteiger partial charge in [-0.1, -0.05) is 16.8 Å². The molecule has 2 aliphatic heterocycles. The lowest BCUT2D eigenvalue weighted by molar-refractivity contribution is -0.161. The van der Waals surface area contributed by atoms with E-state index in [0.717, 1.165) is 51.5 Å². The van der Waals surface area contributed by atoms with Gasteiger partial charge in [0.05, 0.1) is 35.6 Å². The number of urea groups is 1. The Morgan fingerprint density at radius 2 is 1.92 bits per heavy atom. The van der Waals surface area contributed by atoms with Crippen LogP contribution in [0.15, 0.2) is 32.9 Å². The van der Waals surface area contributed by atoms with Crippen molar-refractivity contribution in [2.75, 3.05) is 12.3 Å². The van der Waals surface area contributed by atoms with Gasteiger partial charge >= 0.3 is 18.0 Å². The van der Waals surface area contributed by atoms with E-state index in [1.165, 1.54) is 25.3 Å². The van der Waals surface area contributed by atoms with Crippen LogP contribution in [-0.4, -0.2) is 117 Å². The average Bonchev–Trinajstić information content (AvgIpc) is 3.75.